The highest BCUT2D eigenvalue weighted by Crippen LogP contribution is 2.26. The van der Waals surface area contributed by atoms with Crippen molar-refractivity contribution in [2.75, 3.05) is 24.2 Å². The highest BCUT2D eigenvalue weighted by molar-refractivity contribution is 7.98. The van der Waals surface area contributed by atoms with E-state index in [1.54, 1.807) is 21.6 Å². The van der Waals surface area contributed by atoms with Gasteiger partial charge in [-0.3, -0.25) is 9.59 Å². The number of hydrogen-bond donors (Lipinski definition) is 0. The maximum atomic E-state index is 13.0. The van der Waals surface area contributed by atoms with Gasteiger partial charge in [0.2, 0.25) is 5.91 Å². The van der Waals surface area contributed by atoms with Crippen LogP contribution in [0.4, 0.5) is 5.69 Å². The van der Waals surface area contributed by atoms with Gasteiger partial charge in [0.25, 0.3) is 5.91 Å². The third-order valence-corrected chi connectivity index (χ3v) is 5.39. The van der Waals surface area contributed by atoms with Gasteiger partial charge < -0.3 is 9.80 Å². The molecule has 0 saturated carbocycles. The second kappa shape index (κ2) is 7.31. The van der Waals surface area contributed by atoms with Crippen LogP contribution >= 0.6 is 11.8 Å². The summed E-state index contributed by atoms with van der Waals surface area (Å²) in [7, 11) is 0. The maximum absolute atomic E-state index is 13.0. The standard InChI is InChI=1S/C20H22N2O2S/c1-14-8-4-6-10-17(14)22-12-15(2)21(13-19(22)23)20(24)16-9-5-7-11-18(16)25-3/h4-11,15H,12-13H2,1-3H3/t15-/m0/s1. The molecule has 1 atom stereocenters. The first-order valence-electron chi connectivity index (χ1n) is 8.33. The van der Waals surface area contributed by atoms with Gasteiger partial charge in [-0.1, -0.05) is 30.3 Å². The van der Waals surface area contributed by atoms with Crippen LogP contribution in [0.2, 0.25) is 0 Å². The fraction of sp³-hybridized carbons (Fsp3) is 0.300. The Hall–Kier alpha value is -2.27. The van der Waals surface area contributed by atoms with E-state index in [9.17, 15) is 9.59 Å². The van der Waals surface area contributed by atoms with Crippen molar-refractivity contribution < 1.29 is 9.59 Å². The highest BCUT2D eigenvalue weighted by atomic mass is 32.2. The number of carbonyl (C=O) groups is 2. The lowest BCUT2D eigenvalue weighted by atomic mass is 10.1. The number of thioether (sulfide) groups is 1. The molecule has 5 heteroatoms. The average molecular weight is 354 g/mol. The van der Waals surface area contributed by atoms with E-state index in [2.05, 4.69) is 0 Å². The van der Waals surface area contributed by atoms with Crippen LogP contribution in [0.25, 0.3) is 0 Å². The van der Waals surface area contributed by atoms with E-state index in [1.807, 2.05) is 68.6 Å². The van der Waals surface area contributed by atoms with Crippen molar-refractivity contribution in [1.82, 2.24) is 4.90 Å². The summed E-state index contributed by atoms with van der Waals surface area (Å²) in [4.78, 5) is 30.1. The lowest BCUT2D eigenvalue weighted by Gasteiger charge is -2.40. The van der Waals surface area contributed by atoms with Crippen molar-refractivity contribution in [3.8, 4) is 0 Å². The van der Waals surface area contributed by atoms with Crippen LogP contribution in [0.5, 0.6) is 0 Å². The zero-order valence-corrected chi connectivity index (χ0v) is 15.5. The molecule has 0 radical (unpaired) electrons. The minimum absolute atomic E-state index is 0.0395. The van der Waals surface area contributed by atoms with Gasteiger partial charge in [0.05, 0.1) is 5.56 Å². The predicted octanol–water partition coefficient (Wildman–Crippen LogP) is 3.59. The van der Waals surface area contributed by atoms with Crippen LogP contribution in [0.15, 0.2) is 53.4 Å². The van der Waals surface area contributed by atoms with Gasteiger partial charge in [0.1, 0.15) is 6.54 Å². The zero-order valence-electron chi connectivity index (χ0n) is 14.7. The molecule has 0 bridgehead atoms. The van der Waals surface area contributed by atoms with E-state index in [0.29, 0.717) is 12.1 Å². The van der Waals surface area contributed by atoms with Crippen molar-refractivity contribution in [3.63, 3.8) is 0 Å². The monoisotopic (exact) mass is 354 g/mol. The van der Waals surface area contributed by atoms with Crippen LogP contribution in [-0.2, 0) is 4.79 Å². The van der Waals surface area contributed by atoms with E-state index in [0.717, 1.165) is 16.1 Å². The first-order valence-corrected chi connectivity index (χ1v) is 9.55. The molecule has 0 N–H and O–H groups in total. The van der Waals surface area contributed by atoms with Crippen LogP contribution < -0.4 is 4.90 Å². The first-order chi connectivity index (χ1) is 12.0. The number of aryl methyl sites for hydroxylation is 1. The van der Waals surface area contributed by atoms with Crippen molar-refractivity contribution in [2.24, 2.45) is 0 Å². The lowest BCUT2D eigenvalue weighted by Crippen LogP contribution is -2.57. The van der Waals surface area contributed by atoms with Gasteiger partial charge in [-0.15, -0.1) is 11.8 Å². The molecule has 1 saturated heterocycles. The van der Waals surface area contributed by atoms with Gasteiger partial charge in [0.15, 0.2) is 0 Å². The van der Waals surface area contributed by atoms with E-state index in [1.165, 1.54) is 0 Å². The molecule has 1 aliphatic rings. The number of benzene rings is 2. The van der Waals surface area contributed by atoms with Crippen molar-refractivity contribution >= 4 is 29.3 Å². The molecule has 2 amide bonds. The maximum Gasteiger partial charge on any atom is 0.255 e. The Balaban J connectivity index is 1.84. The van der Waals surface area contributed by atoms with Crippen LogP contribution in [0.3, 0.4) is 0 Å². The Morgan fingerprint density at radius 2 is 1.80 bits per heavy atom. The molecule has 0 unspecified atom stereocenters. The fourth-order valence-electron chi connectivity index (χ4n) is 3.20. The molecule has 25 heavy (non-hydrogen) atoms. The van der Waals surface area contributed by atoms with Gasteiger partial charge in [-0.2, -0.15) is 0 Å². The summed E-state index contributed by atoms with van der Waals surface area (Å²) < 4.78 is 0. The first kappa shape index (κ1) is 17.5. The molecular formula is C20H22N2O2S. The quantitative estimate of drug-likeness (QED) is 0.791. The zero-order chi connectivity index (χ0) is 18.0. The van der Waals surface area contributed by atoms with Crippen molar-refractivity contribution in [3.05, 3.63) is 59.7 Å². The molecule has 130 valence electrons. The van der Waals surface area contributed by atoms with E-state index in [-0.39, 0.29) is 24.4 Å². The molecule has 1 aliphatic heterocycles. The Morgan fingerprint density at radius 1 is 1.12 bits per heavy atom. The minimum Gasteiger partial charge on any atom is -0.325 e. The minimum atomic E-state index is -0.0739. The predicted molar refractivity (Wildman–Crippen MR) is 102 cm³/mol. The third kappa shape index (κ3) is 3.42. The van der Waals surface area contributed by atoms with Crippen molar-refractivity contribution in [1.29, 1.82) is 0 Å². The second-order valence-electron chi connectivity index (χ2n) is 6.27. The van der Waals surface area contributed by atoms with Crippen LogP contribution in [0.1, 0.15) is 22.8 Å². The molecule has 0 spiro atoms. The number of nitrogens with zero attached hydrogens (tertiary/aromatic N) is 2. The number of carbonyl (C=O) groups excluding carboxylic acids is 2. The lowest BCUT2D eigenvalue weighted by molar-refractivity contribution is -0.121. The number of piperazine rings is 1. The largest absolute Gasteiger partial charge is 0.325 e. The molecular weight excluding hydrogens is 332 g/mol. The molecule has 1 fully saturated rings. The molecule has 3 rings (SSSR count). The van der Waals surface area contributed by atoms with E-state index < -0.39 is 0 Å². The summed E-state index contributed by atoms with van der Waals surface area (Å²) in [5.74, 6) is -0.113. The number of para-hydroxylation sites is 1. The van der Waals surface area contributed by atoms with Gasteiger partial charge in [0, 0.05) is 23.2 Å². The summed E-state index contributed by atoms with van der Waals surface area (Å²) in [6.45, 7) is 4.62. The number of anilines is 1. The normalized spacial score (nSPS) is 17.7. The smallest absolute Gasteiger partial charge is 0.255 e. The summed E-state index contributed by atoms with van der Waals surface area (Å²) >= 11 is 1.55. The van der Waals surface area contributed by atoms with Gasteiger partial charge >= 0.3 is 0 Å². The molecule has 0 aromatic heterocycles. The third-order valence-electron chi connectivity index (χ3n) is 4.59. The van der Waals surface area contributed by atoms with Crippen molar-refractivity contribution in [2.45, 2.75) is 24.8 Å². The fourth-order valence-corrected chi connectivity index (χ4v) is 3.79. The Kier molecular flexibility index (Phi) is 5.13. The topological polar surface area (TPSA) is 40.6 Å². The Bertz CT molecular complexity index is 806. The number of rotatable bonds is 3. The average Bonchev–Trinajstić information content (AvgIpc) is 2.63. The molecule has 1 heterocycles. The molecule has 0 aliphatic carbocycles. The molecule has 2 aromatic rings. The molecule has 4 nitrogen and oxygen atoms in total. The Labute approximate surface area is 152 Å². The van der Waals surface area contributed by atoms with Gasteiger partial charge in [-0.25, -0.2) is 0 Å². The summed E-state index contributed by atoms with van der Waals surface area (Å²) in [5, 5.41) is 0. The molecule has 2 aromatic carbocycles. The number of amides is 2. The SMILES string of the molecule is CSc1ccccc1C(=O)N1CC(=O)N(c2ccccc2C)C[C@@H]1C. The van der Waals surface area contributed by atoms with E-state index >= 15 is 0 Å². The second-order valence-corrected chi connectivity index (χ2v) is 7.12. The Morgan fingerprint density at radius 3 is 2.52 bits per heavy atom. The summed E-state index contributed by atoms with van der Waals surface area (Å²) in [6.07, 6.45) is 1.96. The van der Waals surface area contributed by atoms with Gasteiger partial charge in [-0.05, 0) is 43.9 Å². The summed E-state index contributed by atoms with van der Waals surface area (Å²) in [5.41, 5.74) is 2.66. The number of hydrogen-bond acceptors (Lipinski definition) is 3. The highest BCUT2D eigenvalue weighted by Gasteiger charge is 2.34. The van der Waals surface area contributed by atoms with Crippen LogP contribution in [-0.4, -0.2) is 42.1 Å². The van der Waals surface area contributed by atoms with Crippen LogP contribution in [0, 0.1) is 6.92 Å². The van der Waals surface area contributed by atoms with E-state index in [4.69, 9.17) is 0 Å². The summed E-state index contributed by atoms with van der Waals surface area (Å²) in [6, 6.07) is 15.4.